The van der Waals surface area contributed by atoms with Gasteiger partial charge in [-0.1, -0.05) is 6.92 Å². The summed E-state index contributed by atoms with van der Waals surface area (Å²) in [5.41, 5.74) is 5.62. The number of carbonyl (C=O) groups excluding carboxylic acids is 1. The van der Waals surface area contributed by atoms with Crippen molar-refractivity contribution in [1.29, 1.82) is 5.41 Å². The molecule has 7 heteroatoms. The highest BCUT2D eigenvalue weighted by atomic mass is 16.5. The average molecular weight is 283 g/mol. The van der Waals surface area contributed by atoms with E-state index in [9.17, 15) is 4.79 Å². The summed E-state index contributed by atoms with van der Waals surface area (Å²) in [6.07, 6.45) is 1.73. The maximum Gasteiger partial charge on any atom is 0.317 e. The van der Waals surface area contributed by atoms with Crippen LogP contribution in [0.25, 0.3) is 0 Å². The number of amidine groups is 1. The number of nitrogens with two attached hydrogens (primary N) is 1. The molecule has 2 unspecified atom stereocenters. The molecule has 114 valence electrons. The maximum atomic E-state index is 12.1. The smallest absolute Gasteiger partial charge is 0.317 e. The van der Waals surface area contributed by atoms with E-state index in [0.29, 0.717) is 19.7 Å². The summed E-state index contributed by atoms with van der Waals surface area (Å²) in [5, 5.41) is 10.6. The lowest BCUT2D eigenvalue weighted by Gasteiger charge is -2.38. The molecule has 4 N–H and O–H groups in total. The van der Waals surface area contributed by atoms with E-state index < -0.39 is 0 Å². The van der Waals surface area contributed by atoms with Crippen LogP contribution in [0.1, 0.15) is 19.8 Å². The van der Waals surface area contributed by atoms with Gasteiger partial charge in [-0.25, -0.2) is 4.79 Å². The van der Waals surface area contributed by atoms with Crippen LogP contribution in [-0.4, -0.2) is 73.1 Å². The van der Waals surface area contributed by atoms with Gasteiger partial charge in [-0.3, -0.25) is 10.3 Å². The molecule has 2 amide bonds. The molecule has 0 aliphatic carbocycles. The van der Waals surface area contributed by atoms with Crippen LogP contribution in [0.3, 0.4) is 0 Å². The van der Waals surface area contributed by atoms with Crippen molar-refractivity contribution >= 4 is 11.9 Å². The van der Waals surface area contributed by atoms with Gasteiger partial charge in [-0.15, -0.1) is 0 Å². The SMILES string of the molecule is CCC(C(=N)N)N1CCN(C(=O)NC2CCOC2)CC1. The molecule has 0 spiro atoms. The monoisotopic (exact) mass is 283 g/mol. The Morgan fingerprint density at radius 1 is 1.45 bits per heavy atom. The molecule has 2 heterocycles. The summed E-state index contributed by atoms with van der Waals surface area (Å²) < 4.78 is 5.26. The van der Waals surface area contributed by atoms with Gasteiger partial charge < -0.3 is 20.7 Å². The molecule has 0 aromatic rings. The Hall–Kier alpha value is -1.34. The van der Waals surface area contributed by atoms with Gasteiger partial charge in [0.05, 0.1) is 18.7 Å². The minimum absolute atomic E-state index is 0.00319. The Morgan fingerprint density at radius 3 is 2.65 bits per heavy atom. The number of piperazine rings is 1. The first-order valence-corrected chi connectivity index (χ1v) is 7.33. The van der Waals surface area contributed by atoms with Gasteiger partial charge in [0.25, 0.3) is 0 Å². The van der Waals surface area contributed by atoms with Crippen LogP contribution >= 0.6 is 0 Å². The van der Waals surface area contributed by atoms with Crippen molar-refractivity contribution in [3.05, 3.63) is 0 Å². The number of ether oxygens (including phenoxy) is 1. The van der Waals surface area contributed by atoms with Crippen LogP contribution in [0.2, 0.25) is 0 Å². The Labute approximate surface area is 119 Å². The number of amides is 2. The number of hydrogen-bond donors (Lipinski definition) is 3. The minimum atomic E-state index is -0.00368. The van der Waals surface area contributed by atoms with E-state index >= 15 is 0 Å². The fraction of sp³-hybridized carbons (Fsp3) is 0.846. The van der Waals surface area contributed by atoms with E-state index in [1.54, 1.807) is 0 Å². The average Bonchev–Trinajstić information content (AvgIpc) is 2.92. The van der Waals surface area contributed by atoms with Crippen molar-refractivity contribution in [3.8, 4) is 0 Å². The van der Waals surface area contributed by atoms with E-state index in [-0.39, 0.29) is 24.0 Å². The van der Waals surface area contributed by atoms with Crippen molar-refractivity contribution in [2.24, 2.45) is 5.73 Å². The van der Waals surface area contributed by atoms with Gasteiger partial charge in [-0.05, 0) is 12.8 Å². The third kappa shape index (κ3) is 3.61. The number of nitrogens with zero attached hydrogens (tertiary/aromatic N) is 2. The van der Waals surface area contributed by atoms with Crippen molar-refractivity contribution in [2.45, 2.75) is 31.8 Å². The quantitative estimate of drug-likeness (QED) is 0.492. The topological polar surface area (TPSA) is 94.7 Å². The Kier molecular flexibility index (Phi) is 5.19. The molecule has 2 aliphatic rings. The predicted octanol–water partition coefficient (Wildman–Crippen LogP) is -0.183. The highest BCUT2D eigenvalue weighted by Crippen LogP contribution is 2.10. The standard InChI is InChI=1S/C13H25N5O2/c1-2-11(12(14)15)17-4-6-18(7-5-17)13(19)16-10-3-8-20-9-10/h10-11H,2-9H2,1H3,(H3,14,15)(H,16,19). The zero-order valence-electron chi connectivity index (χ0n) is 12.1. The number of rotatable bonds is 4. The lowest BCUT2D eigenvalue weighted by molar-refractivity contribution is 0.122. The van der Waals surface area contributed by atoms with Crippen LogP contribution in [0.5, 0.6) is 0 Å². The lowest BCUT2D eigenvalue weighted by atomic mass is 10.1. The normalized spacial score (nSPS) is 25.4. The Morgan fingerprint density at radius 2 is 2.15 bits per heavy atom. The molecular weight excluding hydrogens is 258 g/mol. The van der Waals surface area contributed by atoms with Gasteiger partial charge in [0.15, 0.2) is 0 Å². The summed E-state index contributed by atoms with van der Waals surface area (Å²) in [6.45, 7) is 6.29. The molecule has 20 heavy (non-hydrogen) atoms. The van der Waals surface area contributed by atoms with Gasteiger partial charge in [-0.2, -0.15) is 0 Å². The fourth-order valence-corrected chi connectivity index (χ4v) is 2.83. The molecule has 2 fully saturated rings. The van der Waals surface area contributed by atoms with Gasteiger partial charge >= 0.3 is 6.03 Å². The largest absolute Gasteiger partial charge is 0.386 e. The molecule has 2 atom stereocenters. The molecule has 0 bridgehead atoms. The molecule has 0 saturated carbocycles. The first-order valence-electron chi connectivity index (χ1n) is 7.33. The molecule has 2 aliphatic heterocycles. The highest BCUT2D eigenvalue weighted by Gasteiger charge is 2.28. The molecule has 0 radical (unpaired) electrons. The first kappa shape index (κ1) is 15.1. The van der Waals surface area contributed by atoms with Crippen molar-refractivity contribution in [2.75, 3.05) is 39.4 Å². The number of urea groups is 1. The van der Waals surface area contributed by atoms with Crippen LogP contribution in [-0.2, 0) is 4.74 Å². The Bertz CT molecular complexity index is 349. The van der Waals surface area contributed by atoms with Gasteiger partial charge in [0, 0.05) is 32.8 Å². The molecule has 7 nitrogen and oxygen atoms in total. The lowest BCUT2D eigenvalue weighted by Crippen LogP contribution is -2.57. The first-order chi connectivity index (χ1) is 9.61. The zero-order valence-corrected chi connectivity index (χ0v) is 12.1. The van der Waals surface area contributed by atoms with Gasteiger partial charge in [0.2, 0.25) is 0 Å². The summed E-state index contributed by atoms with van der Waals surface area (Å²) in [6, 6.07) is 0.153. The Balaban J connectivity index is 1.78. The van der Waals surface area contributed by atoms with Crippen LogP contribution in [0.4, 0.5) is 4.79 Å². The van der Waals surface area contributed by atoms with Crippen LogP contribution < -0.4 is 11.1 Å². The van der Waals surface area contributed by atoms with E-state index in [0.717, 1.165) is 32.5 Å². The van der Waals surface area contributed by atoms with Crippen molar-refractivity contribution in [1.82, 2.24) is 15.1 Å². The third-order valence-electron chi connectivity index (χ3n) is 4.05. The molecule has 2 saturated heterocycles. The van der Waals surface area contributed by atoms with E-state index in [4.69, 9.17) is 15.9 Å². The highest BCUT2D eigenvalue weighted by molar-refractivity contribution is 5.82. The number of nitrogens with one attached hydrogen (secondary N) is 2. The molecule has 2 rings (SSSR count). The second-order valence-electron chi connectivity index (χ2n) is 5.41. The minimum Gasteiger partial charge on any atom is -0.386 e. The summed E-state index contributed by atoms with van der Waals surface area (Å²) in [5.74, 6) is 0.216. The maximum absolute atomic E-state index is 12.1. The number of carbonyl (C=O) groups is 1. The van der Waals surface area contributed by atoms with Crippen molar-refractivity contribution in [3.63, 3.8) is 0 Å². The summed E-state index contributed by atoms with van der Waals surface area (Å²) in [7, 11) is 0. The van der Waals surface area contributed by atoms with E-state index in [1.807, 2.05) is 11.8 Å². The second-order valence-corrected chi connectivity index (χ2v) is 5.41. The fourth-order valence-electron chi connectivity index (χ4n) is 2.83. The van der Waals surface area contributed by atoms with Crippen molar-refractivity contribution < 1.29 is 9.53 Å². The second kappa shape index (κ2) is 6.90. The van der Waals surface area contributed by atoms with Crippen LogP contribution in [0, 0.1) is 5.41 Å². The van der Waals surface area contributed by atoms with E-state index in [2.05, 4.69) is 10.2 Å². The molecular formula is C13H25N5O2. The van der Waals surface area contributed by atoms with Gasteiger partial charge in [0.1, 0.15) is 5.84 Å². The third-order valence-corrected chi connectivity index (χ3v) is 4.05. The molecule has 0 aromatic carbocycles. The number of hydrogen-bond acceptors (Lipinski definition) is 4. The molecule has 0 aromatic heterocycles. The summed E-state index contributed by atoms with van der Waals surface area (Å²) >= 11 is 0. The predicted molar refractivity (Wildman–Crippen MR) is 76.9 cm³/mol. The zero-order chi connectivity index (χ0) is 14.5. The summed E-state index contributed by atoms with van der Waals surface area (Å²) in [4.78, 5) is 16.1. The van der Waals surface area contributed by atoms with Crippen LogP contribution in [0.15, 0.2) is 0 Å². The van der Waals surface area contributed by atoms with E-state index in [1.165, 1.54) is 0 Å².